The van der Waals surface area contributed by atoms with Crippen molar-refractivity contribution in [3.8, 4) is 0 Å². The number of hydrogen-bond donors (Lipinski definition) is 2. The molecule has 0 bridgehead atoms. The molecule has 1 aromatic carbocycles. The van der Waals surface area contributed by atoms with Crippen LogP contribution in [0.5, 0.6) is 0 Å². The fraction of sp³-hybridized carbons (Fsp3) is 0.588. The number of likely N-dealkylation sites (tertiary alicyclic amines) is 1. The highest BCUT2D eigenvalue weighted by atomic mass is 32.2. The van der Waals surface area contributed by atoms with E-state index >= 15 is 0 Å². The molecule has 2 amide bonds. The minimum Gasteiger partial charge on any atom is -0.385 e. The maximum Gasteiger partial charge on any atom is 0.317 e. The topological polar surface area (TPSA) is 114 Å². The van der Waals surface area contributed by atoms with Gasteiger partial charge in [-0.05, 0) is 38.3 Å². The highest BCUT2D eigenvalue weighted by molar-refractivity contribution is 7.89. The van der Waals surface area contributed by atoms with Gasteiger partial charge in [-0.25, -0.2) is 17.9 Å². The number of methoxy groups -OCH3 is 1. The van der Waals surface area contributed by atoms with Crippen molar-refractivity contribution in [3.63, 3.8) is 0 Å². The Morgan fingerprint density at radius 3 is 2.75 bits per heavy atom. The highest BCUT2D eigenvalue weighted by Crippen LogP contribution is 2.30. The van der Waals surface area contributed by atoms with Gasteiger partial charge >= 0.3 is 6.03 Å². The van der Waals surface area contributed by atoms with Crippen molar-refractivity contribution < 1.29 is 17.9 Å². The number of nitrogens with one attached hydrogen (secondary N) is 2. The monoisotopic (exact) mass is 427 g/mol. The number of hydrogen-bond acceptors (Lipinski definition) is 7. The minimum absolute atomic E-state index is 0.121. The van der Waals surface area contributed by atoms with Crippen LogP contribution in [0.4, 0.5) is 4.79 Å². The zero-order valence-electron chi connectivity index (χ0n) is 16.0. The number of fused-ring (bicyclic) bond motifs is 1. The highest BCUT2D eigenvalue weighted by Gasteiger charge is 2.39. The van der Waals surface area contributed by atoms with Gasteiger partial charge < -0.3 is 15.0 Å². The van der Waals surface area contributed by atoms with E-state index in [1.54, 1.807) is 30.2 Å². The van der Waals surface area contributed by atoms with Gasteiger partial charge in [-0.3, -0.25) is 0 Å². The van der Waals surface area contributed by atoms with Crippen LogP contribution in [-0.4, -0.2) is 67.0 Å². The molecule has 1 saturated heterocycles. The van der Waals surface area contributed by atoms with Crippen molar-refractivity contribution in [1.82, 2.24) is 23.7 Å². The number of carbonyl (C=O) groups excluding carboxylic acids is 1. The molecule has 0 saturated carbocycles. The maximum atomic E-state index is 13.2. The molecule has 1 fully saturated rings. The molecule has 9 nitrogen and oxygen atoms in total. The van der Waals surface area contributed by atoms with Crippen LogP contribution in [0.15, 0.2) is 23.1 Å². The van der Waals surface area contributed by atoms with Gasteiger partial charge in [0.15, 0.2) is 0 Å². The van der Waals surface area contributed by atoms with Crippen LogP contribution in [0, 0.1) is 0 Å². The molecule has 3 rings (SSSR count). The summed E-state index contributed by atoms with van der Waals surface area (Å²) in [4.78, 5) is 13.9. The van der Waals surface area contributed by atoms with E-state index in [4.69, 9.17) is 4.74 Å². The summed E-state index contributed by atoms with van der Waals surface area (Å²) in [6.07, 6.45) is 1.55. The first kappa shape index (κ1) is 20.9. The summed E-state index contributed by atoms with van der Waals surface area (Å²) in [5.41, 5.74) is 0.259. The molecular formula is C17H25N5O4S2. The summed E-state index contributed by atoms with van der Waals surface area (Å²) >= 11 is 0.987. The van der Waals surface area contributed by atoms with Gasteiger partial charge in [-0.15, -0.1) is 0 Å². The zero-order chi connectivity index (χ0) is 20.2. The molecule has 0 spiro atoms. The van der Waals surface area contributed by atoms with E-state index in [9.17, 15) is 13.2 Å². The number of ether oxygens (including phenoxy) is 1. The summed E-state index contributed by atoms with van der Waals surface area (Å²) in [7, 11) is -2.22. The molecule has 154 valence electrons. The Morgan fingerprint density at radius 2 is 2.07 bits per heavy atom. The average Bonchev–Trinajstić information content (AvgIpc) is 3.15. The Balaban J connectivity index is 1.83. The zero-order valence-corrected chi connectivity index (χ0v) is 17.6. The summed E-state index contributed by atoms with van der Waals surface area (Å²) in [6.45, 7) is 3.79. The minimum atomic E-state index is -3.81. The van der Waals surface area contributed by atoms with Crippen LogP contribution < -0.4 is 10.0 Å². The third kappa shape index (κ3) is 4.43. The lowest BCUT2D eigenvalue weighted by atomic mass is 9.86. The lowest BCUT2D eigenvalue weighted by Crippen LogP contribution is -2.57. The summed E-state index contributed by atoms with van der Waals surface area (Å²) in [5, 5.41) is 2.79. The predicted octanol–water partition coefficient (Wildman–Crippen LogP) is 1.57. The maximum absolute atomic E-state index is 13.2. The van der Waals surface area contributed by atoms with E-state index in [1.807, 2.05) is 6.92 Å². The van der Waals surface area contributed by atoms with Gasteiger partial charge in [0, 0.05) is 38.9 Å². The summed E-state index contributed by atoms with van der Waals surface area (Å²) in [6, 6.07) is 4.82. The third-order valence-corrected chi connectivity index (χ3v) is 7.16. The van der Waals surface area contributed by atoms with Gasteiger partial charge in [-0.2, -0.15) is 8.75 Å². The van der Waals surface area contributed by atoms with Crippen LogP contribution in [0.1, 0.15) is 26.2 Å². The Bertz CT molecular complexity index is 923. The summed E-state index contributed by atoms with van der Waals surface area (Å²) in [5.74, 6) is 0. The number of urea groups is 1. The Labute approximate surface area is 168 Å². The molecule has 1 aromatic heterocycles. The Morgan fingerprint density at radius 1 is 1.32 bits per heavy atom. The lowest BCUT2D eigenvalue weighted by molar-refractivity contribution is 0.115. The first-order valence-corrected chi connectivity index (χ1v) is 11.4. The van der Waals surface area contributed by atoms with Crippen molar-refractivity contribution in [1.29, 1.82) is 0 Å². The molecule has 2 heterocycles. The molecular weight excluding hydrogens is 402 g/mol. The van der Waals surface area contributed by atoms with Crippen LogP contribution >= 0.6 is 11.7 Å². The number of aromatic nitrogens is 2. The number of nitrogens with zero attached hydrogens (tertiary/aromatic N) is 3. The normalized spacial score (nSPS) is 17.0. The van der Waals surface area contributed by atoms with E-state index in [1.165, 1.54) is 0 Å². The second-order valence-corrected chi connectivity index (χ2v) is 9.02. The van der Waals surface area contributed by atoms with Crippen molar-refractivity contribution in [3.05, 3.63) is 18.2 Å². The number of piperidine rings is 1. The van der Waals surface area contributed by atoms with E-state index in [-0.39, 0.29) is 10.9 Å². The van der Waals surface area contributed by atoms with Crippen LogP contribution in [0.3, 0.4) is 0 Å². The molecule has 1 aliphatic rings. The third-order valence-electron chi connectivity index (χ3n) is 5.01. The molecule has 2 aromatic rings. The average molecular weight is 428 g/mol. The second-order valence-electron chi connectivity index (χ2n) is 6.84. The number of sulfonamides is 1. The molecule has 28 heavy (non-hydrogen) atoms. The van der Waals surface area contributed by atoms with Gasteiger partial charge in [0.25, 0.3) is 0 Å². The Hall–Kier alpha value is -1.82. The van der Waals surface area contributed by atoms with E-state index < -0.39 is 15.6 Å². The predicted molar refractivity (Wildman–Crippen MR) is 107 cm³/mol. The first-order chi connectivity index (χ1) is 13.4. The van der Waals surface area contributed by atoms with Crippen LogP contribution in [0.2, 0.25) is 0 Å². The molecule has 0 aliphatic carbocycles. The first-order valence-electron chi connectivity index (χ1n) is 9.18. The van der Waals surface area contributed by atoms with Gasteiger partial charge in [0.2, 0.25) is 10.0 Å². The smallest absolute Gasteiger partial charge is 0.317 e. The lowest BCUT2D eigenvalue weighted by Gasteiger charge is -2.42. The van der Waals surface area contributed by atoms with Crippen LogP contribution in [0.25, 0.3) is 11.0 Å². The van der Waals surface area contributed by atoms with Gasteiger partial charge in [0.1, 0.15) is 15.9 Å². The van der Waals surface area contributed by atoms with Crippen LogP contribution in [-0.2, 0) is 14.8 Å². The quantitative estimate of drug-likeness (QED) is 0.693. The SMILES string of the molecule is CCNC(=O)N1CCC(CCOC)(NS(=O)(=O)c2cccc3nsnc23)CC1. The van der Waals surface area contributed by atoms with E-state index in [2.05, 4.69) is 18.8 Å². The molecule has 1 aliphatic heterocycles. The standard InChI is InChI=1S/C17H25N5O4S2/c1-3-18-16(23)22-10-7-17(8-11-22,9-12-26-2)21-28(24,25)14-6-4-5-13-15(14)20-27-19-13/h4-6,21H,3,7-12H2,1-2H3,(H,18,23). The number of carbonyl (C=O) groups is 1. The van der Waals surface area contributed by atoms with Crippen molar-refractivity contribution in [2.75, 3.05) is 33.4 Å². The van der Waals surface area contributed by atoms with Gasteiger partial charge in [-0.1, -0.05) is 6.07 Å². The number of amides is 2. The molecule has 0 atom stereocenters. The number of benzene rings is 1. The van der Waals surface area contributed by atoms with Crippen molar-refractivity contribution in [2.24, 2.45) is 0 Å². The number of rotatable bonds is 7. The van der Waals surface area contributed by atoms with Gasteiger partial charge in [0.05, 0.1) is 11.7 Å². The largest absolute Gasteiger partial charge is 0.385 e. The Kier molecular flexibility index (Phi) is 6.48. The van der Waals surface area contributed by atoms with E-state index in [0.717, 1.165) is 11.7 Å². The van der Waals surface area contributed by atoms with Crippen molar-refractivity contribution in [2.45, 2.75) is 36.6 Å². The fourth-order valence-electron chi connectivity index (χ4n) is 3.44. The van der Waals surface area contributed by atoms with Crippen molar-refractivity contribution >= 4 is 38.8 Å². The fourth-order valence-corrected chi connectivity index (χ4v) is 5.70. The summed E-state index contributed by atoms with van der Waals surface area (Å²) < 4.78 is 42.8. The molecule has 2 N–H and O–H groups in total. The molecule has 11 heteroatoms. The molecule has 0 unspecified atom stereocenters. The second kappa shape index (κ2) is 8.68. The molecule has 0 radical (unpaired) electrons. The van der Waals surface area contributed by atoms with E-state index in [0.29, 0.717) is 56.5 Å².